The molecule has 3 aliphatic heterocycles. The van der Waals surface area contributed by atoms with Gasteiger partial charge in [-0.2, -0.15) is 0 Å². The van der Waals surface area contributed by atoms with E-state index in [4.69, 9.17) is 0 Å². The molecule has 0 unspecified atom stereocenters. The Bertz CT molecular complexity index is 910. The van der Waals surface area contributed by atoms with Gasteiger partial charge in [0.2, 0.25) is 0 Å². The van der Waals surface area contributed by atoms with Gasteiger partial charge in [-0.15, -0.1) is 0 Å². The summed E-state index contributed by atoms with van der Waals surface area (Å²) in [7, 11) is 0. The first kappa shape index (κ1) is 15.8. The Kier molecular flexibility index (Phi) is 3.05. The Balaban J connectivity index is 1.49. The minimum Gasteiger partial charge on any atom is -0.369 e. The second-order valence-electron chi connectivity index (χ2n) is 8.41. The van der Waals surface area contributed by atoms with E-state index in [1.165, 1.54) is 0 Å². The Labute approximate surface area is 153 Å². The molecular weight excluding hydrogens is 326 g/mol. The van der Waals surface area contributed by atoms with Crippen LogP contribution in [0.2, 0.25) is 0 Å². The molecule has 0 saturated carbocycles. The van der Waals surface area contributed by atoms with Crippen LogP contribution in [-0.4, -0.2) is 42.1 Å². The highest BCUT2D eigenvalue weighted by Crippen LogP contribution is 2.43. The van der Waals surface area contributed by atoms with E-state index in [0.29, 0.717) is 11.0 Å². The molecule has 3 aliphatic rings. The molecule has 1 amide bonds. The van der Waals surface area contributed by atoms with Crippen LogP contribution in [0.4, 0.5) is 11.4 Å². The van der Waals surface area contributed by atoms with Crippen LogP contribution in [0.1, 0.15) is 35.6 Å². The highest BCUT2D eigenvalue weighted by atomic mass is 16.2. The number of carbonyl (C=O) groups excluding carboxylic acids is 1. The molecule has 0 aromatic carbocycles. The van der Waals surface area contributed by atoms with Crippen LogP contribution < -0.4 is 15.1 Å². The quantitative estimate of drug-likeness (QED) is 0.900. The van der Waals surface area contributed by atoms with Gasteiger partial charge >= 0.3 is 0 Å². The van der Waals surface area contributed by atoms with E-state index in [2.05, 4.69) is 40.1 Å². The van der Waals surface area contributed by atoms with Gasteiger partial charge in [-0.3, -0.25) is 19.7 Å². The molecule has 5 heterocycles. The minimum absolute atomic E-state index is 0.000257. The number of nitrogens with one attached hydrogen (secondary N) is 1. The first-order valence-corrected chi connectivity index (χ1v) is 9.13. The molecule has 26 heavy (non-hydrogen) atoms. The molecule has 2 fully saturated rings. The number of carbonyl (C=O) groups is 1. The zero-order valence-corrected chi connectivity index (χ0v) is 15.4. The van der Waals surface area contributed by atoms with Crippen molar-refractivity contribution < 1.29 is 4.79 Å². The maximum atomic E-state index is 13.1. The van der Waals surface area contributed by atoms with E-state index < -0.39 is 5.54 Å². The van der Waals surface area contributed by atoms with Gasteiger partial charge in [0.25, 0.3) is 5.91 Å². The minimum atomic E-state index is -0.493. The molecule has 6 heteroatoms. The maximum Gasteiger partial charge on any atom is 0.261 e. The summed E-state index contributed by atoms with van der Waals surface area (Å²) >= 11 is 0. The lowest BCUT2D eigenvalue weighted by molar-refractivity contribution is 0.0982. The number of rotatable bonds is 2. The SMILES string of the molecule is Cc1ccc2c(n1)C(C)(C)N(c1cncc(N3CC4(CNC4)C3)c1)C2=O. The van der Waals surface area contributed by atoms with Crippen molar-refractivity contribution in [3.8, 4) is 0 Å². The summed E-state index contributed by atoms with van der Waals surface area (Å²) in [5, 5.41) is 3.36. The standard InChI is InChI=1S/C20H23N5O/c1-13-4-5-16-17(23-13)19(2,3)25(18(16)26)15-6-14(7-21-8-15)24-11-20(12-24)9-22-10-20/h4-8,22H,9-12H2,1-3H3. The van der Waals surface area contributed by atoms with Gasteiger partial charge in [-0.25, -0.2) is 0 Å². The number of anilines is 2. The average Bonchev–Trinajstić information content (AvgIpc) is 2.71. The predicted molar refractivity (Wildman–Crippen MR) is 101 cm³/mol. The van der Waals surface area contributed by atoms with Crippen molar-refractivity contribution in [2.24, 2.45) is 5.41 Å². The van der Waals surface area contributed by atoms with Crippen molar-refractivity contribution in [2.75, 3.05) is 36.0 Å². The van der Waals surface area contributed by atoms with E-state index >= 15 is 0 Å². The highest BCUT2D eigenvalue weighted by Gasteiger charge is 2.48. The monoisotopic (exact) mass is 349 g/mol. The topological polar surface area (TPSA) is 61.4 Å². The molecule has 2 aromatic rings. The van der Waals surface area contributed by atoms with Crippen molar-refractivity contribution in [1.29, 1.82) is 0 Å². The van der Waals surface area contributed by atoms with Gasteiger partial charge in [-0.05, 0) is 39.0 Å². The molecular formula is C20H23N5O. The van der Waals surface area contributed by atoms with E-state index in [1.807, 2.05) is 30.2 Å². The number of hydrogen-bond acceptors (Lipinski definition) is 5. The normalized spacial score (nSPS) is 22.2. The second kappa shape index (κ2) is 5.04. The van der Waals surface area contributed by atoms with Crippen molar-refractivity contribution in [2.45, 2.75) is 26.3 Å². The highest BCUT2D eigenvalue weighted by molar-refractivity contribution is 6.11. The van der Waals surface area contributed by atoms with Crippen LogP contribution in [0.5, 0.6) is 0 Å². The molecule has 1 spiro atoms. The number of hydrogen-bond donors (Lipinski definition) is 1. The number of amides is 1. The van der Waals surface area contributed by atoms with Crippen molar-refractivity contribution in [1.82, 2.24) is 15.3 Å². The Morgan fingerprint density at radius 3 is 2.54 bits per heavy atom. The molecule has 0 radical (unpaired) electrons. The number of aryl methyl sites for hydroxylation is 1. The molecule has 6 nitrogen and oxygen atoms in total. The first-order valence-electron chi connectivity index (χ1n) is 9.13. The molecule has 0 atom stereocenters. The lowest BCUT2D eigenvalue weighted by Gasteiger charge is -2.57. The Morgan fingerprint density at radius 2 is 1.85 bits per heavy atom. The Hall–Kier alpha value is -2.47. The summed E-state index contributed by atoms with van der Waals surface area (Å²) in [6.07, 6.45) is 3.67. The van der Waals surface area contributed by atoms with Crippen molar-refractivity contribution >= 4 is 17.3 Å². The summed E-state index contributed by atoms with van der Waals surface area (Å²) in [5.74, 6) is -0.000257. The summed E-state index contributed by atoms with van der Waals surface area (Å²) in [6.45, 7) is 10.4. The summed E-state index contributed by atoms with van der Waals surface area (Å²) in [4.78, 5) is 26.4. The number of nitrogens with zero attached hydrogens (tertiary/aromatic N) is 4. The third kappa shape index (κ3) is 2.05. The fraction of sp³-hybridized carbons (Fsp3) is 0.450. The van der Waals surface area contributed by atoms with Crippen LogP contribution >= 0.6 is 0 Å². The van der Waals surface area contributed by atoms with Gasteiger partial charge in [0, 0.05) is 37.3 Å². The predicted octanol–water partition coefficient (Wildman–Crippen LogP) is 2.09. The van der Waals surface area contributed by atoms with Crippen molar-refractivity contribution in [3.05, 3.63) is 47.5 Å². The van der Waals surface area contributed by atoms with Gasteiger partial charge in [-0.1, -0.05) is 0 Å². The van der Waals surface area contributed by atoms with Gasteiger partial charge < -0.3 is 10.2 Å². The largest absolute Gasteiger partial charge is 0.369 e. The third-order valence-corrected chi connectivity index (χ3v) is 5.99. The van der Waals surface area contributed by atoms with Gasteiger partial charge in [0.1, 0.15) is 0 Å². The van der Waals surface area contributed by atoms with E-state index in [-0.39, 0.29) is 5.91 Å². The molecule has 134 valence electrons. The molecule has 0 bridgehead atoms. The average molecular weight is 349 g/mol. The van der Waals surface area contributed by atoms with Crippen LogP contribution in [0.25, 0.3) is 0 Å². The fourth-order valence-corrected chi connectivity index (χ4v) is 4.48. The van der Waals surface area contributed by atoms with Crippen LogP contribution in [0, 0.1) is 12.3 Å². The molecule has 5 rings (SSSR count). The van der Waals surface area contributed by atoms with Crippen LogP contribution in [0.3, 0.4) is 0 Å². The zero-order valence-electron chi connectivity index (χ0n) is 15.4. The Morgan fingerprint density at radius 1 is 1.12 bits per heavy atom. The smallest absolute Gasteiger partial charge is 0.261 e. The summed E-state index contributed by atoms with van der Waals surface area (Å²) in [5.41, 5.74) is 4.34. The molecule has 1 N–H and O–H groups in total. The van der Waals surface area contributed by atoms with E-state index in [9.17, 15) is 4.79 Å². The maximum absolute atomic E-state index is 13.1. The van der Waals surface area contributed by atoms with E-state index in [0.717, 1.165) is 48.9 Å². The van der Waals surface area contributed by atoms with Crippen LogP contribution in [0.15, 0.2) is 30.6 Å². The lowest BCUT2D eigenvalue weighted by atomic mass is 9.74. The second-order valence-corrected chi connectivity index (χ2v) is 8.41. The molecule has 2 aromatic heterocycles. The van der Waals surface area contributed by atoms with Gasteiger partial charge in [0.15, 0.2) is 0 Å². The summed E-state index contributed by atoms with van der Waals surface area (Å²) < 4.78 is 0. The number of pyridine rings is 2. The lowest BCUT2D eigenvalue weighted by Crippen LogP contribution is -2.71. The fourth-order valence-electron chi connectivity index (χ4n) is 4.48. The van der Waals surface area contributed by atoms with Crippen molar-refractivity contribution in [3.63, 3.8) is 0 Å². The zero-order chi connectivity index (χ0) is 18.1. The molecule has 2 saturated heterocycles. The number of aromatic nitrogens is 2. The number of fused-ring (bicyclic) bond motifs is 1. The first-order chi connectivity index (χ1) is 12.4. The third-order valence-electron chi connectivity index (χ3n) is 5.99. The van der Waals surface area contributed by atoms with Crippen LogP contribution in [-0.2, 0) is 5.54 Å². The van der Waals surface area contributed by atoms with Gasteiger partial charge in [0.05, 0.1) is 40.6 Å². The van der Waals surface area contributed by atoms with E-state index in [1.54, 1.807) is 6.20 Å². The molecule has 0 aliphatic carbocycles. The summed E-state index contributed by atoms with van der Waals surface area (Å²) in [6, 6.07) is 5.88.